The Balaban J connectivity index is 1.62. The first-order valence-electron chi connectivity index (χ1n) is 6.78. The second-order valence-corrected chi connectivity index (χ2v) is 5.69. The summed E-state index contributed by atoms with van der Waals surface area (Å²) in [4.78, 5) is 20.1. The third kappa shape index (κ3) is 2.87. The van der Waals surface area contributed by atoms with Gasteiger partial charge >= 0.3 is 0 Å². The van der Waals surface area contributed by atoms with Crippen molar-refractivity contribution in [2.45, 2.75) is 44.2 Å². The summed E-state index contributed by atoms with van der Waals surface area (Å²) < 4.78 is 0. The topological polar surface area (TPSA) is 66.9 Å². The van der Waals surface area contributed by atoms with Gasteiger partial charge in [0.05, 0.1) is 6.04 Å². The number of halogens is 1. The average molecular weight is 281 g/mol. The number of carbonyl (C=O) groups is 1. The number of amides is 1. The molecule has 1 aromatic heterocycles. The zero-order chi connectivity index (χ0) is 13.2. The Morgan fingerprint density at radius 3 is 3.05 bits per heavy atom. The molecule has 2 fully saturated rings. The van der Waals surface area contributed by atoms with E-state index in [1.54, 1.807) is 6.07 Å². The second kappa shape index (κ2) is 5.43. The lowest BCUT2D eigenvalue weighted by Gasteiger charge is -2.24. The number of carbonyl (C=O) groups excluding carboxylic acids is 1. The molecule has 3 unspecified atom stereocenters. The van der Waals surface area contributed by atoms with Crippen LogP contribution in [0.1, 0.15) is 32.1 Å². The highest BCUT2D eigenvalue weighted by molar-refractivity contribution is 6.29. The van der Waals surface area contributed by atoms with Crippen molar-refractivity contribution in [2.75, 3.05) is 5.32 Å². The highest BCUT2D eigenvalue weighted by atomic mass is 35.5. The molecule has 2 N–H and O–H groups in total. The molecule has 0 radical (unpaired) electrons. The summed E-state index contributed by atoms with van der Waals surface area (Å²) in [6.45, 7) is 0. The summed E-state index contributed by atoms with van der Waals surface area (Å²) in [5.74, 6) is 0.857. The summed E-state index contributed by atoms with van der Waals surface area (Å²) in [6, 6.07) is 1.96. The van der Waals surface area contributed by atoms with Gasteiger partial charge in [-0.05, 0) is 31.2 Å². The number of nitrogens with zero attached hydrogens (tertiary/aromatic N) is 2. The van der Waals surface area contributed by atoms with Gasteiger partial charge in [-0.2, -0.15) is 0 Å². The maximum absolute atomic E-state index is 12.2. The molecule has 1 amide bonds. The average Bonchev–Trinajstić information content (AvgIpc) is 2.82. The van der Waals surface area contributed by atoms with Gasteiger partial charge in [-0.25, -0.2) is 9.97 Å². The number of hydrogen-bond donors (Lipinski definition) is 2. The molecular formula is C13H17ClN4O. The standard InChI is InChI=1S/C13H17ClN4O/c14-11-5-6-15-13(17-11)18-12(19)10-7-8-3-1-2-4-9(8)16-10/h5-6,8-10,16H,1-4,7H2,(H,15,17,18,19). The molecule has 3 rings (SSSR count). The largest absolute Gasteiger partial charge is 0.303 e. The Labute approximate surface area is 117 Å². The number of rotatable bonds is 2. The minimum absolute atomic E-state index is 0.0586. The first kappa shape index (κ1) is 12.8. The Kier molecular flexibility index (Phi) is 3.66. The molecule has 2 heterocycles. The van der Waals surface area contributed by atoms with E-state index in [0.29, 0.717) is 17.1 Å². The minimum Gasteiger partial charge on any atom is -0.303 e. The van der Waals surface area contributed by atoms with Crippen molar-refractivity contribution in [1.29, 1.82) is 0 Å². The Morgan fingerprint density at radius 2 is 2.26 bits per heavy atom. The summed E-state index contributed by atoms with van der Waals surface area (Å²) >= 11 is 5.77. The lowest BCUT2D eigenvalue weighted by atomic mass is 9.85. The highest BCUT2D eigenvalue weighted by Crippen LogP contribution is 2.33. The fraction of sp³-hybridized carbons (Fsp3) is 0.615. The quantitative estimate of drug-likeness (QED) is 0.813. The second-order valence-electron chi connectivity index (χ2n) is 5.30. The van der Waals surface area contributed by atoms with Gasteiger partial charge in [-0.15, -0.1) is 0 Å². The van der Waals surface area contributed by atoms with Crippen LogP contribution in [0.3, 0.4) is 0 Å². The van der Waals surface area contributed by atoms with Crippen molar-refractivity contribution < 1.29 is 4.79 Å². The number of nitrogens with one attached hydrogen (secondary N) is 2. The predicted octanol–water partition coefficient (Wildman–Crippen LogP) is 1.99. The fourth-order valence-electron chi connectivity index (χ4n) is 3.12. The van der Waals surface area contributed by atoms with Crippen LogP contribution < -0.4 is 10.6 Å². The van der Waals surface area contributed by atoms with Crippen LogP contribution >= 0.6 is 11.6 Å². The van der Waals surface area contributed by atoms with E-state index in [1.807, 2.05) is 0 Å². The Bertz CT molecular complexity index is 467. The number of fused-ring (bicyclic) bond motifs is 1. The van der Waals surface area contributed by atoms with Crippen LogP contribution in [0, 0.1) is 5.92 Å². The zero-order valence-corrected chi connectivity index (χ0v) is 11.4. The predicted molar refractivity (Wildman–Crippen MR) is 73.0 cm³/mol. The van der Waals surface area contributed by atoms with Gasteiger partial charge in [0.25, 0.3) is 0 Å². The van der Waals surface area contributed by atoms with Gasteiger partial charge in [0, 0.05) is 12.2 Å². The maximum atomic E-state index is 12.2. The molecule has 1 aliphatic carbocycles. The van der Waals surface area contributed by atoms with Gasteiger partial charge in [0.2, 0.25) is 11.9 Å². The van der Waals surface area contributed by atoms with Crippen LogP contribution in [-0.4, -0.2) is 28.0 Å². The third-order valence-corrected chi connectivity index (χ3v) is 4.25. The van der Waals surface area contributed by atoms with Crippen molar-refractivity contribution in [2.24, 2.45) is 5.92 Å². The molecule has 0 aromatic carbocycles. The van der Waals surface area contributed by atoms with Crippen LogP contribution in [-0.2, 0) is 4.79 Å². The summed E-state index contributed by atoms with van der Waals surface area (Å²) in [5, 5.41) is 6.49. The SMILES string of the molecule is O=C(Nc1nccc(Cl)n1)C1CC2CCCCC2N1. The van der Waals surface area contributed by atoms with Crippen LogP contribution in [0.15, 0.2) is 12.3 Å². The van der Waals surface area contributed by atoms with E-state index < -0.39 is 0 Å². The van der Waals surface area contributed by atoms with Crippen LogP contribution in [0.5, 0.6) is 0 Å². The molecule has 1 aromatic rings. The van der Waals surface area contributed by atoms with Crippen molar-refractivity contribution >= 4 is 23.5 Å². The summed E-state index contributed by atoms with van der Waals surface area (Å²) in [7, 11) is 0. The minimum atomic E-state index is -0.129. The smallest absolute Gasteiger partial charge is 0.243 e. The lowest BCUT2D eigenvalue weighted by molar-refractivity contribution is -0.117. The maximum Gasteiger partial charge on any atom is 0.243 e. The normalized spacial score (nSPS) is 29.8. The number of hydrogen-bond acceptors (Lipinski definition) is 4. The van der Waals surface area contributed by atoms with E-state index in [2.05, 4.69) is 20.6 Å². The number of anilines is 1. The van der Waals surface area contributed by atoms with Gasteiger partial charge in [0.1, 0.15) is 5.15 Å². The molecule has 1 saturated carbocycles. The van der Waals surface area contributed by atoms with E-state index in [0.717, 1.165) is 6.42 Å². The van der Waals surface area contributed by atoms with E-state index in [4.69, 9.17) is 11.6 Å². The fourth-order valence-corrected chi connectivity index (χ4v) is 3.25. The highest BCUT2D eigenvalue weighted by Gasteiger charge is 2.38. The van der Waals surface area contributed by atoms with E-state index in [1.165, 1.54) is 31.9 Å². The van der Waals surface area contributed by atoms with Gasteiger partial charge in [-0.3, -0.25) is 10.1 Å². The first-order valence-corrected chi connectivity index (χ1v) is 7.15. The van der Waals surface area contributed by atoms with Crippen molar-refractivity contribution in [3.8, 4) is 0 Å². The van der Waals surface area contributed by atoms with Crippen molar-refractivity contribution in [3.63, 3.8) is 0 Å². The molecular weight excluding hydrogens is 264 g/mol. The summed E-state index contributed by atoms with van der Waals surface area (Å²) in [6.07, 6.45) is 7.41. The lowest BCUT2D eigenvalue weighted by Crippen LogP contribution is -2.40. The summed E-state index contributed by atoms with van der Waals surface area (Å²) in [5.41, 5.74) is 0. The van der Waals surface area contributed by atoms with Gasteiger partial charge < -0.3 is 5.32 Å². The molecule has 0 bridgehead atoms. The van der Waals surface area contributed by atoms with E-state index in [-0.39, 0.29) is 17.9 Å². The molecule has 19 heavy (non-hydrogen) atoms. The van der Waals surface area contributed by atoms with Crippen LogP contribution in [0.4, 0.5) is 5.95 Å². The monoisotopic (exact) mass is 280 g/mol. The number of aromatic nitrogens is 2. The molecule has 6 heteroatoms. The van der Waals surface area contributed by atoms with E-state index >= 15 is 0 Å². The van der Waals surface area contributed by atoms with Crippen molar-refractivity contribution in [3.05, 3.63) is 17.4 Å². The van der Waals surface area contributed by atoms with Crippen LogP contribution in [0.2, 0.25) is 5.15 Å². The molecule has 3 atom stereocenters. The van der Waals surface area contributed by atoms with E-state index in [9.17, 15) is 4.79 Å². The first-order chi connectivity index (χ1) is 9.22. The Hall–Kier alpha value is -1.20. The molecule has 1 aliphatic heterocycles. The molecule has 2 aliphatic rings. The molecule has 1 saturated heterocycles. The molecule has 102 valence electrons. The molecule has 0 spiro atoms. The van der Waals surface area contributed by atoms with Crippen LogP contribution in [0.25, 0.3) is 0 Å². The third-order valence-electron chi connectivity index (χ3n) is 4.04. The van der Waals surface area contributed by atoms with Gasteiger partial charge in [-0.1, -0.05) is 24.4 Å². The van der Waals surface area contributed by atoms with Gasteiger partial charge in [0.15, 0.2) is 0 Å². The van der Waals surface area contributed by atoms with Crippen molar-refractivity contribution in [1.82, 2.24) is 15.3 Å². The molecule has 5 nitrogen and oxygen atoms in total. The zero-order valence-electron chi connectivity index (χ0n) is 10.6. The Morgan fingerprint density at radius 1 is 1.42 bits per heavy atom.